The number of aryl methyl sites for hydroxylation is 2. The standard InChI is InChI=1S/C19H30N4O3/c1-13(17-14(2)20-21(4)15(17)3)18(24)23-7-5-6-16(12-23)19(25)22-8-10-26-11-9-22/h13,16H,5-12H2,1-4H3. The molecule has 2 aliphatic rings. The first-order valence-corrected chi connectivity index (χ1v) is 9.55. The van der Waals surface area contributed by atoms with Crippen molar-refractivity contribution in [1.82, 2.24) is 19.6 Å². The second kappa shape index (κ2) is 7.78. The number of piperidine rings is 1. The maximum atomic E-state index is 13.1. The van der Waals surface area contributed by atoms with Crippen molar-refractivity contribution < 1.29 is 14.3 Å². The van der Waals surface area contributed by atoms with Gasteiger partial charge in [-0.2, -0.15) is 5.10 Å². The molecule has 0 bridgehead atoms. The third-order valence-electron chi connectivity index (χ3n) is 5.77. The third-order valence-corrected chi connectivity index (χ3v) is 5.77. The minimum absolute atomic E-state index is 0.0888. The number of aromatic nitrogens is 2. The molecule has 0 saturated carbocycles. The van der Waals surface area contributed by atoms with Gasteiger partial charge in [-0.3, -0.25) is 14.3 Å². The van der Waals surface area contributed by atoms with Gasteiger partial charge in [-0.25, -0.2) is 0 Å². The molecule has 2 aliphatic heterocycles. The number of hydrogen-bond donors (Lipinski definition) is 0. The van der Waals surface area contributed by atoms with Crippen LogP contribution >= 0.6 is 0 Å². The molecule has 144 valence electrons. The maximum Gasteiger partial charge on any atom is 0.229 e. The summed E-state index contributed by atoms with van der Waals surface area (Å²) in [6, 6.07) is 0. The molecule has 2 fully saturated rings. The molecule has 1 aromatic rings. The van der Waals surface area contributed by atoms with Crippen molar-refractivity contribution in [3.05, 3.63) is 17.0 Å². The Morgan fingerprint density at radius 1 is 1.15 bits per heavy atom. The van der Waals surface area contributed by atoms with Gasteiger partial charge in [-0.1, -0.05) is 0 Å². The Balaban J connectivity index is 1.68. The molecule has 2 unspecified atom stereocenters. The Morgan fingerprint density at radius 3 is 2.46 bits per heavy atom. The number of ether oxygens (including phenoxy) is 1. The molecule has 7 nitrogen and oxygen atoms in total. The normalized spacial score (nSPS) is 22.4. The first-order chi connectivity index (χ1) is 12.4. The van der Waals surface area contributed by atoms with Crippen LogP contribution in [0.2, 0.25) is 0 Å². The Kier molecular flexibility index (Phi) is 5.65. The second-order valence-electron chi connectivity index (χ2n) is 7.49. The van der Waals surface area contributed by atoms with Crippen LogP contribution in [0.1, 0.15) is 42.6 Å². The highest BCUT2D eigenvalue weighted by molar-refractivity contribution is 5.85. The Morgan fingerprint density at radius 2 is 1.85 bits per heavy atom. The molecule has 3 heterocycles. The SMILES string of the molecule is Cc1nn(C)c(C)c1C(C)C(=O)N1CCCC(C(=O)N2CCOCC2)C1. The fraction of sp³-hybridized carbons (Fsp3) is 0.737. The average Bonchev–Trinajstić information content (AvgIpc) is 2.92. The summed E-state index contributed by atoms with van der Waals surface area (Å²) in [6.45, 7) is 9.70. The summed E-state index contributed by atoms with van der Waals surface area (Å²) in [5, 5.41) is 4.44. The van der Waals surface area contributed by atoms with Crippen molar-refractivity contribution in [2.45, 2.75) is 39.5 Å². The summed E-state index contributed by atoms with van der Waals surface area (Å²) >= 11 is 0. The largest absolute Gasteiger partial charge is 0.378 e. The van der Waals surface area contributed by atoms with E-state index in [-0.39, 0.29) is 23.7 Å². The second-order valence-corrected chi connectivity index (χ2v) is 7.49. The van der Waals surface area contributed by atoms with Crippen molar-refractivity contribution >= 4 is 11.8 Å². The molecular weight excluding hydrogens is 332 g/mol. The lowest BCUT2D eigenvalue weighted by Gasteiger charge is -2.37. The van der Waals surface area contributed by atoms with Gasteiger partial charge in [0, 0.05) is 44.5 Å². The van der Waals surface area contributed by atoms with Crippen molar-refractivity contribution in [3.63, 3.8) is 0 Å². The molecular formula is C19H30N4O3. The fourth-order valence-electron chi connectivity index (χ4n) is 4.23. The summed E-state index contributed by atoms with van der Waals surface area (Å²) in [7, 11) is 1.90. The first kappa shape index (κ1) is 18.9. The van der Waals surface area contributed by atoms with E-state index in [1.807, 2.05) is 42.3 Å². The fourth-order valence-corrected chi connectivity index (χ4v) is 4.23. The van der Waals surface area contributed by atoms with Gasteiger partial charge >= 0.3 is 0 Å². The lowest BCUT2D eigenvalue weighted by molar-refractivity contribution is -0.144. The van der Waals surface area contributed by atoms with Crippen molar-refractivity contribution in [3.8, 4) is 0 Å². The number of likely N-dealkylation sites (tertiary alicyclic amines) is 1. The van der Waals surface area contributed by atoms with Crippen LogP contribution in [0.25, 0.3) is 0 Å². The number of carbonyl (C=O) groups is 2. The van der Waals surface area contributed by atoms with Crippen LogP contribution in [-0.2, 0) is 21.4 Å². The van der Waals surface area contributed by atoms with E-state index in [4.69, 9.17) is 4.74 Å². The predicted octanol–water partition coefficient (Wildman–Crippen LogP) is 1.24. The minimum Gasteiger partial charge on any atom is -0.378 e. The molecule has 0 spiro atoms. The number of amides is 2. The van der Waals surface area contributed by atoms with Crippen LogP contribution in [0.5, 0.6) is 0 Å². The van der Waals surface area contributed by atoms with E-state index in [1.165, 1.54) is 0 Å². The Labute approximate surface area is 155 Å². The molecule has 0 aromatic carbocycles. The molecule has 7 heteroatoms. The van der Waals surface area contributed by atoms with Gasteiger partial charge in [0.2, 0.25) is 11.8 Å². The van der Waals surface area contributed by atoms with E-state index in [0.717, 1.165) is 36.3 Å². The molecule has 26 heavy (non-hydrogen) atoms. The van der Waals surface area contributed by atoms with Crippen LogP contribution in [-0.4, -0.2) is 70.8 Å². The highest BCUT2D eigenvalue weighted by Crippen LogP contribution is 2.27. The highest BCUT2D eigenvalue weighted by Gasteiger charge is 2.34. The van der Waals surface area contributed by atoms with Gasteiger partial charge in [0.15, 0.2) is 0 Å². The number of nitrogens with zero attached hydrogens (tertiary/aromatic N) is 4. The predicted molar refractivity (Wildman–Crippen MR) is 97.8 cm³/mol. The van der Waals surface area contributed by atoms with Gasteiger partial charge in [0.25, 0.3) is 0 Å². The molecule has 0 N–H and O–H groups in total. The quantitative estimate of drug-likeness (QED) is 0.811. The smallest absolute Gasteiger partial charge is 0.229 e. The van der Waals surface area contributed by atoms with Gasteiger partial charge in [-0.15, -0.1) is 0 Å². The van der Waals surface area contributed by atoms with E-state index in [0.29, 0.717) is 32.8 Å². The monoisotopic (exact) mass is 362 g/mol. The molecule has 1 aromatic heterocycles. The summed E-state index contributed by atoms with van der Waals surface area (Å²) in [5.41, 5.74) is 2.95. The van der Waals surface area contributed by atoms with Crippen molar-refractivity contribution in [2.75, 3.05) is 39.4 Å². The average molecular weight is 362 g/mol. The van der Waals surface area contributed by atoms with Crippen molar-refractivity contribution in [1.29, 1.82) is 0 Å². The topological polar surface area (TPSA) is 67.7 Å². The Hall–Kier alpha value is -1.89. The molecule has 0 radical (unpaired) electrons. The van der Waals surface area contributed by atoms with Gasteiger partial charge in [-0.05, 0) is 33.6 Å². The summed E-state index contributed by atoms with van der Waals surface area (Å²) < 4.78 is 7.16. The van der Waals surface area contributed by atoms with Gasteiger partial charge < -0.3 is 14.5 Å². The number of morpholine rings is 1. The lowest BCUT2D eigenvalue weighted by atomic mass is 9.93. The van der Waals surface area contributed by atoms with Crippen LogP contribution in [0.15, 0.2) is 0 Å². The Bertz CT molecular complexity index is 679. The van der Waals surface area contributed by atoms with Gasteiger partial charge in [0.05, 0.1) is 30.7 Å². The number of hydrogen-bond acceptors (Lipinski definition) is 4. The summed E-state index contributed by atoms with van der Waals surface area (Å²) in [5.74, 6) is -0.0501. The lowest BCUT2D eigenvalue weighted by Crippen LogP contribution is -2.50. The summed E-state index contributed by atoms with van der Waals surface area (Å²) in [6.07, 6.45) is 1.74. The van der Waals surface area contributed by atoms with E-state index in [9.17, 15) is 9.59 Å². The zero-order valence-corrected chi connectivity index (χ0v) is 16.3. The van der Waals surface area contributed by atoms with E-state index >= 15 is 0 Å². The molecule has 2 saturated heterocycles. The van der Waals surface area contributed by atoms with Crippen LogP contribution < -0.4 is 0 Å². The third kappa shape index (κ3) is 3.63. The molecule has 2 atom stereocenters. The van der Waals surface area contributed by atoms with Crippen molar-refractivity contribution in [2.24, 2.45) is 13.0 Å². The van der Waals surface area contributed by atoms with E-state index in [1.54, 1.807) is 0 Å². The first-order valence-electron chi connectivity index (χ1n) is 9.55. The minimum atomic E-state index is -0.235. The molecule has 2 amide bonds. The zero-order chi connectivity index (χ0) is 18.8. The van der Waals surface area contributed by atoms with Gasteiger partial charge in [0.1, 0.15) is 0 Å². The molecule has 3 rings (SSSR count). The molecule has 0 aliphatic carbocycles. The summed E-state index contributed by atoms with van der Waals surface area (Å²) in [4.78, 5) is 29.7. The maximum absolute atomic E-state index is 13.1. The van der Waals surface area contributed by atoms with E-state index < -0.39 is 0 Å². The highest BCUT2D eigenvalue weighted by atomic mass is 16.5. The van der Waals surface area contributed by atoms with Crippen LogP contribution in [0.4, 0.5) is 0 Å². The number of rotatable bonds is 3. The van der Waals surface area contributed by atoms with E-state index in [2.05, 4.69) is 5.10 Å². The zero-order valence-electron chi connectivity index (χ0n) is 16.3. The number of carbonyl (C=O) groups excluding carboxylic acids is 2. The van der Waals surface area contributed by atoms with Crippen LogP contribution in [0, 0.1) is 19.8 Å². The van der Waals surface area contributed by atoms with Crippen LogP contribution in [0.3, 0.4) is 0 Å².